The smallest absolute Gasteiger partial charge is 0.269 e. The number of amides is 1. The fourth-order valence-electron chi connectivity index (χ4n) is 3.63. The molecule has 3 aromatic rings. The Balaban J connectivity index is 1.50. The van der Waals surface area contributed by atoms with Gasteiger partial charge in [0.25, 0.3) is 5.91 Å². The summed E-state index contributed by atoms with van der Waals surface area (Å²) in [6.07, 6.45) is 2.86. The summed E-state index contributed by atoms with van der Waals surface area (Å²) in [6.45, 7) is 7.31. The van der Waals surface area contributed by atoms with Crippen LogP contribution in [-0.4, -0.2) is 56.2 Å². The normalized spacial score (nSPS) is 14.7. The van der Waals surface area contributed by atoms with Crippen LogP contribution in [0.3, 0.4) is 0 Å². The molecule has 3 heterocycles. The van der Waals surface area contributed by atoms with E-state index < -0.39 is 0 Å². The Morgan fingerprint density at radius 3 is 2.48 bits per heavy atom. The van der Waals surface area contributed by atoms with Gasteiger partial charge in [0.1, 0.15) is 11.4 Å². The Bertz CT molecular complexity index is 1120. The molecule has 1 aliphatic heterocycles. The van der Waals surface area contributed by atoms with Crippen molar-refractivity contribution in [3.8, 4) is 11.4 Å². The average Bonchev–Trinajstić information content (AvgIpc) is 3.10. The van der Waals surface area contributed by atoms with Gasteiger partial charge in [-0.3, -0.25) is 9.48 Å². The predicted octanol–water partition coefficient (Wildman–Crippen LogP) is 4.39. The lowest BCUT2D eigenvalue weighted by Gasteiger charge is -2.35. The van der Waals surface area contributed by atoms with E-state index in [4.69, 9.17) is 23.2 Å². The monoisotopic (exact) mass is 487 g/mol. The number of hydrogen-bond acceptors (Lipinski definition) is 6. The molecule has 1 unspecified atom stereocenters. The van der Waals surface area contributed by atoms with E-state index in [2.05, 4.69) is 44.4 Å². The second-order valence-electron chi connectivity index (χ2n) is 8.57. The van der Waals surface area contributed by atoms with Gasteiger partial charge >= 0.3 is 0 Å². The van der Waals surface area contributed by atoms with Gasteiger partial charge < -0.3 is 15.5 Å². The second-order valence-corrected chi connectivity index (χ2v) is 9.44. The maximum absolute atomic E-state index is 13.0. The van der Waals surface area contributed by atoms with Gasteiger partial charge in [-0.05, 0) is 55.8 Å². The molecule has 174 valence electrons. The fourth-order valence-corrected chi connectivity index (χ4v) is 4.16. The van der Waals surface area contributed by atoms with Crippen molar-refractivity contribution in [2.75, 3.05) is 25.0 Å². The Hall–Kier alpha value is -2.68. The summed E-state index contributed by atoms with van der Waals surface area (Å²) in [4.78, 5) is 24.2. The molecule has 0 radical (unpaired) electrons. The lowest BCUT2D eigenvalue weighted by molar-refractivity contribution is 0.0874. The van der Waals surface area contributed by atoms with Crippen LogP contribution >= 0.6 is 23.2 Å². The molecule has 1 amide bonds. The van der Waals surface area contributed by atoms with Gasteiger partial charge in [0.2, 0.25) is 5.95 Å². The molecule has 0 aliphatic carbocycles. The van der Waals surface area contributed by atoms with Crippen LogP contribution < -0.4 is 10.6 Å². The molecule has 1 aromatic carbocycles. The molecule has 8 nitrogen and oxygen atoms in total. The molecule has 1 fully saturated rings. The van der Waals surface area contributed by atoms with Crippen LogP contribution in [0.25, 0.3) is 11.4 Å². The Labute approximate surface area is 203 Å². The van der Waals surface area contributed by atoms with Crippen molar-refractivity contribution in [1.82, 2.24) is 30.0 Å². The van der Waals surface area contributed by atoms with E-state index in [-0.39, 0.29) is 11.9 Å². The highest BCUT2D eigenvalue weighted by atomic mass is 35.5. The maximum atomic E-state index is 13.0. The summed E-state index contributed by atoms with van der Waals surface area (Å²) in [5.41, 5.74) is 2.33. The fraction of sp³-hybridized carbons (Fsp3) is 0.391. The molecule has 1 atom stereocenters. The molecule has 0 saturated carbocycles. The Kier molecular flexibility index (Phi) is 7.17. The third-order valence-electron chi connectivity index (χ3n) is 5.67. The van der Waals surface area contributed by atoms with Gasteiger partial charge in [-0.25, -0.2) is 9.97 Å². The van der Waals surface area contributed by atoms with E-state index in [0.29, 0.717) is 44.7 Å². The van der Waals surface area contributed by atoms with E-state index in [0.717, 1.165) is 19.6 Å². The van der Waals surface area contributed by atoms with Gasteiger partial charge in [0.15, 0.2) is 0 Å². The number of aromatic nitrogens is 4. The van der Waals surface area contributed by atoms with E-state index in [1.54, 1.807) is 48.3 Å². The lowest BCUT2D eigenvalue weighted by Crippen LogP contribution is -2.50. The first kappa shape index (κ1) is 23.5. The molecule has 4 rings (SSSR count). The SMILES string of the molecule is CC(C)C(CN1CCC1)NC(=O)c1cc(-c2ccnc(Nc3cc(Cl)cc(Cl)c3)n2)nn1C. The minimum absolute atomic E-state index is 0.0792. The molecular formula is C23H27Cl2N7O. The molecular weight excluding hydrogens is 461 g/mol. The number of rotatable bonds is 8. The summed E-state index contributed by atoms with van der Waals surface area (Å²) < 4.78 is 1.58. The number of nitrogens with zero attached hydrogens (tertiary/aromatic N) is 5. The summed E-state index contributed by atoms with van der Waals surface area (Å²) in [6, 6.07) is 8.70. The summed E-state index contributed by atoms with van der Waals surface area (Å²) >= 11 is 12.1. The van der Waals surface area contributed by atoms with Crippen LogP contribution in [0.2, 0.25) is 10.0 Å². The molecule has 1 aliphatic rings. The third-order valence-corrected chi connectivity index (χ3v) is 6.11. The number of likely N-dealkylation sites (tertiary alicyclic amines) is 1. The number of nitrogens with one attached hydrogen (secondary N) is 2. The number of carbonyl (C=O) groups excluding carboxylic acids is 1. The van der Waals surface area contributed by atoms with Gasteiger partial charge in [-0.1, -0.05) is 37.0 Å². The summed E-state index contributed by atoms with van der Waals surface area (Å²) in [5.74, 6) is 0.561. The number of carbonyl (C=O) groups is 1. The van der Waals surface area contributed by atoms with Crippen molar-refractivity contribution in [3.05, 3.63) is 52.3 Å². The standard InChI is InChI=1S/C23H27Cl2N7O/c1-14(2)20(13-32-7-4-8-32)28-22(33)21-12-19(30-31(21)3)18-5-6-26-23(29-18)27-17-10-15(24)9-16(25)11-17/h5-6,9-12,14,20H,4,7-8,13H2,1-3H3,(H,28,33)(H,26,27,29). The topological polar surface area (TPSA) is 88.0 Å². The molecule has 10 heteroatoms. The van der Waals surface area contributed by atoms with Crippen molar-refractivity contribution >= 4 is 40.7 Å². The quantitative estimate of drug-likeness (QED) is 0.489. The maximum Gasteiger partial charge on any atom is 0.269 e. The van der Waals surface area contributed by atoms with Crippen LogP contribution in [0.5, 0.6) is 0 Å². The van der Waals surface area contributed by atoms with Crippen LogP contribution in [0.15, 0.2) is 36.5 Å². The molecule has 2 aromatic heterocycles. The Morgan fingerprint density at radius 2 is 1.85 bits per heavy atom. The largest absolute Gasteiger partial charge is 0.346 e. The third kappa shape index (κ3) is 5.82. The Morgan fingerprint density at radius 1 is 1.12 bits per heavy atom. The first-order valence-corrected chi connectivity index (χ1v) is 11.7. The predicted molar refractivity (Wildman–Crippen MR) is 131 cm³/mol. The van der Waals surface area contributed by atoms with Crippen LogP contribution in [0, 0.1) is 5.92 Å². The second kappa shape index (κ2) is 10.1. The number of anilines is 2. The van der Waals surface area contributed by atoms with E-state index >= 15 is 0 Å². The first-order chi connectivity index (χ1) is 15.8. The first-order valence-electron chi connectivity index (χ1n) is 10.9. The number of halogens is 2. The van der Waals surface area contributed by atoms with Gasteiger partial charge in [-0.2, -0.15) is 5.10 Å². The van der Waals surface area contributed by atoms with Crippen molar-refractivity contribution < 1.29 is 4.79 Å². The van der Waals surface area contributed by atoms with E-state index in [1.807, 2.05) is 0 Å². The van der Waals surface area contributed by atoms with Gasteiger partial charge in [-0.15, -0.1) is 0 Å². The highest BCUT2D eigenvalue weighted by molar-refractivity contribution is 6.35. The molecule has 1 saturated heterocycles. The van der Waals surface area contributed by atoms with Crippen molar-refractivity contribution in [1.29, 1.82) is 0 Å². The lowest BCUT2D eigenvalue weighted by atomic mass is 10.0. The molecule has 0 spiro atoms. The number of hydrogen-bond donors (Lipinski definition) is 2. The minimum Gasteiger partial charge on any atom is -0.346 e. The minimum atomic E-state index is -0.142. The van der Waals surface area contributed by atoms with Crippen LogP contribution in [-0.2, 0) is 7.05 Å². The van der Waals surface area contributed by atoms with Crippen LogP contribution in [0.4, 0.5) is 11.6 Å². The zero-order chi connectivity index (χ0) is 23.5. The van der Waals surface area contributed by atoms with Gasteiger partial charge in [0, 0.05) is 41.6 Å². The molecule has 0 bridgehead atoms. The van der Waals surface area contributed by atoms with E-state index in [9.17, 15) is 4.79 Å². The van der Waals surface area contributed by atoms with Crippen LogP contribution in [0.1, 0.15) is 30.8 Å². The highest BCUT2D eigenvalue weighted by Crippen LogP contribution is 2.25. The van der Waals surface area contributed by atoms with E-state index in [1.165, 1.54) is 6.42 Å². The van der Waals surface area contributed by atoms with Crippen molar-refractivity contribution in [3.63, 3.8) is 0 Å². The van der Waals surface area contributed by atoms with Crippen molar-refractivity contribution in [2.45, 2.75) is 26.3 Å². The molecule has 33 heavy (non-hydrogen) atoms. The van der Waals surface area contributed by atoms with Gasteiger partial charge in [0.05, 0.1) is 5.69 Å². The zero-order valence-electron chi connectivity index (χ0n) is 18.8. The zero-order valence-corrected chi connectivity index (χ0v) is 20.4. The number of benzene rings is 1. The van der Waals surface area contributed by atoms with Crippen molar-refractivity contribution in [2.24, 2.45) is 13.0 Å². The molecule has 2 N–H and O–H groups in total. The average molecular weight is 488 g/mol. The number of aryl methyl sites for hydroxylation is 1. The summed E-state index contributed by atoms with van der Waals surface area (Å²) in [5, 5.41) is 11.8. The summed E-state index contributed by atoms with van der Waals surface area (Å²) in [7, 11) is 1.76. The highest BCUT2D eigenvalue weighted by Gasteiger charge is 2.25.